The first-order chi connectivity index (χ1) is 16.0. The number of benzene rings is 3. The van der Waals surface area contributed by atoms with Gasteiger partial charge in [0.05, 0.1) is 23.3 Å². The summed E-state index contributed by atoms with van der Waals surface area (Å²) in [5, 5.41) is 10.7. The molecule has 1 aromatic heterocycles. The van der Waals surface area contributed by atoms with Gasteiger partial charge in [0.15, 0.2) is 5.78 Å². The summed E-state index contributed by atoms with van der Waals surface area (Å²) in [4.78, 5) is 13.6. The summed E-state index contributed by atoms with van der Waals surface area (Å²) in [6, 6.07) is 25.5. The van der Waals surface area contributed by atoms with Crippen LogP contribution in [0.15, 0.2) is 79.0 Å². The number of anilines is 1. The lowest BCUT2D eigenvalue weighted by Gasteiger charge is -2.38. The molecule has 0 radical (unpaired) electrons. The second-order valence-electron chi connectivity index (χ2n) is 9.74. The zero-order valence-corrected chi connectivity index (χ0v) is 19.6. The van der Waals surface area contributed by atoms with Crippen LogP contribution in [0.5, 0.6) is 0 Å². The average Bonchev–Trinajstić information content (AvgIpc) is 3.28. The highest BCUT2D eigenvalue weighted by atomic mass is 16.1. The lowest BCUT2D eigenvalue weighted by atomic mass is 9.86. The van der Waals surface area contributed by atoms with Gasteiger partial charge < -0.3 is 5.32 Å². The second-order valence-corrected chi connectivity index (χ2v) is 9.74. The molecular formula is C29H31N3O. The molecule has 4 heteroatoms. The fraction of sp³-hybridized carbons (Fsp3) is 0.310. The predicted molar refractivity (Wildman–Crippen MR) is 135 cm³/mol. The number of ketones is 1. The third kappa shape index (κ3) is 3.95. The van der Waals surface area contributed by atoms with Crippen molar-refractivity contribution < 1.29 is 4.79 Å². The molecule has 0 bridgehead atoms. The normalized spacial score (nSPS) is 17.8. The first-order valence-corrected chi connectivity index (χ1v) is 11.9. The Hall–Kier alpha value is -3.40. The number of nitrogens with one attached hydrogen (secondary N) is 1. The van der Waals surface area contributed by atoms with Crippen LogP contribution in [0.25, 0.3) is 10.8 Å². The largest absolute Gasteiger partial charge is 0.363 e. The highest BCUT2D eigenvalue weighted by Gasteiger charge is 2.36. The van der Waals surface area contributed by atoms with Crippen molar-refractivity contribution in [2.24, 2.45) is 0 Å². The summed E-state index contributed by atoms with van der Waals surface area (Å²) >= 11 is 0. The van der Waals surface area contributed by atoms with E-state index in [1.165, 1.54) is 21.9 Å². The van der Waals surface area contributed by atoms with E-state index < -0.39 is 0 Å². The summed E-state index contributed by atoms with van der Waals surface area (Å²) in [6.45, 7) is 6.55. The minimum absolute atomic E-state index is 0.146. The van der Waals surface area contributed by atoms with E-state index in [0.29, 0.717) is 12.0 Å². The van der Waals surface area contributed by atoms with Crippen LogP contribution in [0.1, 0.15) is 73.5 Å². The zero-order valence-electron chi connectivity index (χ0n) is 19.6. The smallest absolute Gasteiger partial charge is 0.168 e. The van der Waals surface area contributed by atoms with E-state index in [9.17, 15) is 4.79 Å². The maximum atomic E-state index is 13.6. The fourth-order valence-corrected chi connectivity index (χ4v) is 5.25. The van der Waals surface area contributed by atoms with Crippen LogP contribution in [0, 0.1) is 0 Å². The number of hydrogen-bond donors (Lipinski definition) is 1. The molecule has 0 saturated carbocycles. The molecule has 0 aliphatic carbocycles. The number of fused-ring (bicyclic) bond motifs is 2. The van der Waals surface area contributed by atoms with Crippen molar-refractivity contribution >= 4 is 22.4 Å². The topological polar surface area (TPSA) is 46.9 Å². The third-order valence-corrected chi connectivity index (χ3v) is 7.05. The standard InChI is InChI=1S/C29H31N3O/c1-4-20(23-16-10-14-21-11-8-9-15-24(21)23)17-27(33)25-19-30-32-28(25)31-26(18-29(32,2)3)22-12-6-5-7-13-22/h5-16,19-20,26,31H,4,17-18H2,1-3H3. The molecule has 0 amide bonds. The van der Waals surface area contributed by atoms with Crippen LogP contribution >= 0.6 is 0 Å². The van der Waals surface area contributed by atoms with E-state index in [4.69, 9.17) is 0 Å². The number of carbonyl (C=O) groups excluding carboxylic acids is 1. The van der Waals surface area contributed by atoms with Gasteiger partial charge in [0, 0.05) is 6.42 Å². The van der Waals surface area contributed by atoms with Crippen LogP contribution < -0.4 is 5.32 Å². The summed E-state index contributed by atoms with van der Waals surface area (Å²) in [6.07, 6.45) is 4.05. The third-order valence-electron chi connectivity index (χ3n) is 7.05. The van der Waals surface area contributed by atoms with E-state index in [2.05, 4.69) is 97.9 Å². The van der Waals surface area contributed by atoms with Gasteiger partial charge in [-0.2, -0.15) is 5.10 Å². The van der Waals surface area contributed by atoms with Crippen LogP contribution in [0.2, 0.25) is 0 Å². The highest BCUT2D eigenvalue weighted by Crippen LogP contribution is 2.41. The number of hydrogen-bond acceptors (Lipinski definition) is 3. The molecule has 0 saturated heterocycles. The Morgan fingerprint density at radius 1 is 1.06 bits per heavy atom. The van der Waals surface area contributed by atoms with Gasteiger partial charge in [-0.15, -0.1) is 0 Å². The molecule has 33 heavy (non-hydrogen) atoms. The first-order valence-electron chi connectivity index (χ1n) is 11.9. The quantitative estimate of drug-likeness (QED) is 0.327. The average molecular weight is 438 g/mol. The Labute approximate surface area is 195 Å². The molecule has 5 rings (SSSR count). The van der Waals surface area contributed by atoms with Gasteiger partial charge >= 0.3 is 0 Å². The van der Waals surface area contributed by atoms with Gasteiger partial charge in [-0.05, 0) is 54.5 Å². The molecule has 1 N–H and O–H groups in total. The molecule has 1 aliphatic rings. The van der Waals surface area contributed by atoms with Crippen LogP contribution in [0.3, 0.4) is 0 Å². The molecule has 2 atom stereocenters. The maximum Gasteiger partial charge on any atom is 0.168 e. The Balaban J connectivity index is 1.46. The molecule has 0 fully saturated rings. The minimum atomic E-state index is -0.181. The molecule has 0 spiro atoms. The SMILES string of the molecule is CCC(CC(=O)c1cnn2c1NC(c1ccccc1)CC2(C)C)c1cccc2ccccc12. The van der Waals surface area contributed by atoms with Crippen molar-refractivity contribution in [3.8, 4) is 0 Å². The number of nitrogens with zero attached hydrogens (tertiary/aromatic N) is 2. The van der Waals surface area contributed by atoms with Crippen molar-refractivity contribution in [1.29, 1.82) is 0 Å². The molecule has 4 nitrogen and oxygen atoms in total. The number of rotatable bonds is 6. The molecule has 168 valence electrons. The van der Waals surface area contributed by atoms with E-state index in [0.717, 1.165) is 18.7 Å². The predicted octanol–water partition coefficient (Wildman–Crippen LogP) is 7.09. The molecular weight excluding hydrogens is 406 g/mol. The van der Waals surface area contributed by atoms with Crippen LogP contribution in [0.4, 0.5) is 5.82 Å². The maximum absolute atomic E-state index is 13.6. The van der Waals surface area contributed by atoms with Crippen molar-refractivity contribution in [3.63, 3.8) is 0 Å². The van der Waals surface area contributed by atoms with Gasteiger partial charge in [-0.1, -0.05) is 79.7 Å². The van der Waals surface area contributed by atoms with Crippen molar-refractivity contribution in [2.45, 2.75) is 57.5 Å². The Bertz CT molecular complexity index is 1280. The lowest BCUT2D eigenvalue weighted by molar-refractivity contribution is 0.0973. The van der Waals surface area contributed by atoms with Gasteiger partial charge in [0.2, 0.25) is 0 Å². The molecule has 2 unspecified atom stereocenters. The summed E-state index contributed by atoms with van der Waals surface area (Å²) in [7, 11) is 0. The Morgan fingerprint density at radius 2 is 1.79 bits per heavy atom. The van der Waals surface area contributed by atoms with Crippen LogP contribution in [-0.4, -0.2) is 15.6 Å². The number of aromatic nitrogens is 2. The molecule has 2 heterocycles. The van der Waals surface area contributed by atoms with Gasteiger partial charge in [0.1, 0.15) is 5.82 Å². The van der Waals surface area contributed by atoms with E-state index in [1.54, 1.807) is 6.20 Å². The van der Waals surface area contributed by atoms with E-state index in [-0.39, 0.29) is 23.3 Å². The van der Waals surface area contributed by atoms with Gasteiger partial charge in [0.25, 0.3) is 0 Å². The van der Waals surface area contributed by atoms with Gasteiger partial charge in [-0.3, -0.25) is 4.79 Å². The monoisotopic (exact) mass is 437 g/mol. The summed E-state index contributed by atoms with van der Waals surface area (Å²) in [5.74, 6) is 1.16. The highest BCUT2D eigenvalue weighted by molar-refractivity contribution is 6.01. The Morgan fingerprint density at radius 3 is 2.58 bits per heavy atom. The van der Waals surface area contributed by atoms with Crippen molar-refractivity contribution in [2.75, 3.05) is 5.32 Å². The minimum Gasteiger partial charge on any atom is -0.363 e. The molecule has 1 aliphatic heterocycles. The fourth-order valence-electron chi connectivity index (χ4n) is 5.25. The van der Waals surface area contributed by atoms with Gasteiger partial charge in [-0.25, -0.2) is 4.68 Å². The van der Waals surface area contributed by atoms with E-state index >= 15 is 0 Å². The van der Waals surface area contributed by atoms with E-state index in [1.807, 2.05) is 10.7 Å². The summed E-state index contributed by atoms with van der Waals surface area (Å²) in [5.41, 5.74) is 3.00. The zero-order chi connectivity index (χ0) is 23.0. The first kappa shape index (κ1) is 21.4. The van der Waals surface area contributed by atoms with Crippen LogP contribution in [-0.2, 0) is 5.54 Å². The lowest BCUT2D eigenvalue weighted by Crippen LogP contribution is -2.38. The molecule has 3 aromatic carbocycles. The number of Topliss-reactive ketones (excluding diaryl/α,β-unsaturated/α-hetero) is 1. The Kier molecular flexibility index (Phi) is 5.53. The summed E-state index contributed by atoms with van der Waals surface area (Å²) < 4.78 is 2.00. The second kappa shape index (κ2) is 8.51. The van der Waals surface area contributed by atoms with Crippen molar-refractivity contribution in [3.05, 3.63) is 95.7 Å². The number of carbonyl (C=O) groups is 1. The molecule has 4 aromatic rings. The van der Waals surface area contributed by atoms with Crippen molar-refractivity contribution in [1.82, 2.24) is 9.78 Å².